The standard InChI is InChI=1S/C16H24FN3.ClH/c1-13-2-3-14(10-16(13)17)12-19-6-8-20(9-7-19)15-4-5-18-11-15;/h2-3,10,15,18H,4-9,11-12H2,1H3;1H. The third kappa shape index (κ3) is 4.16. The van der Waals surface area contributed by atoms with E-state index >= 15 is 0 Å². The van der Waals surface area contributed by atoms with Gasteiger partial charge >= 0.3 is 0 Å². The molecule has 1 N–H and O–H groups in total. The normalized spacial score (nSPS) is 24.0. The lowest BCUT2D eigenvalue weighted by Gasteiger charge is -2.37. The summed E-state index contributed by atoms with van der Waals surface area (Å²) in [5.41, 5.74) is 1.82. The van der Waals surface area contributed by atoms with Crippen molar-refractivity contribution in [3.05, 3.63) is 35.1 Å². The molecule has 21 heavy (non-hydrogen) atoms. The van der Waals surface area contributed by atoms with Gasteiger partial charge in [0.05, 0.1) is 0 Å². The Morgan fingerprint density at radius 2 is 2.00 bits per heavy atom. The van der Waals surface area contributed by atoms with Gasteiger partial charge in [0, 0.05) is 45.3 Å². The number of piperazine rings is 1. The van der Waals surface area contributed by atoms with E-state index in [-0.39, 0.29) is 18.2 Å². The Morgan fingerprint density at radius 1 is 1.24 bits per heavy atom. The number of aryl methyl sites for hydroxylation is 1. The highest BCUT2D eigenvalue weighted by Gasteiger charge is 2.25. The molecule has 1 unspecified atom stereocenters. The molecule has 2 heterocycles. The van der Waals surface area contributed by atoms with Crippen molar-refractivity contribution < 1.29 is 4.39 Å². The predicted octanol–water partition coefficient (Wildman–Crippen LogP) is 2.04. The molecule has 0 bridgehead atoms. The van der Waals surface area contributed by atoms with Crippen LogP contribution in [-0.2, 0) is 6.54 Å². The first-order valence-electron chi connectivity index (χ1n) is 7.64. The van der Waals surface area contributed by atoms with Crippen LogP contribution in [0, 0.1) is 12.7 Å². The molecule has 0 aromatic heterocycles. The first-order valence-corrected chi connectivity index (χ1v) is 7.64. The van der Waals surface area contributed by atoms with Crippen LogP contribution in [0.25, 0.3) is 0 Å². The lowest BCUT2D eigenvalue weighted by atomic mass is 10.1. The van der Waals surface area contributed by atoms with Gasteiger partial charge in [0.2, 0.25) is 0 Å². The van der Waals surface area contributed by atoms with Gasteiger partial charge in [-0.15, -0.1) is 12.4 Å². The summed E-state index contributed by atoms with van der Waals surface area (Å²) in [4.78, 5) is 5.04. The summed E-state index contributed by atoms with van der Waals surface area (Å²) in [7, 11) is 0. The van der Waals surface area contributed by atoms with Gasteiger partial charge in [-0.25, -0.2) is 4.39 Å². The van der Waals surface area contributed by atoms with Gasteiger partial charge in [-0.05, 0) is 37.1 Å². The van der Waals surface area contributed by atoms with E-state index in [1.165, 1.54) is 6.42 Å². The minimum Gasteiger partial charge on any atom is -0.315 e. The predicted molar refractivity (Wildman–Crippen MR) is 86.5 cm³/mol. The maximum atomic E-state index is 13.6. The first-order chi connectivity index (χ1) is 9.72. The van der Waals surface area contributed by atoms with Gasteiger partial charge in [0.1, 0.15) is 5.82 Å². The first kappa shape index (κ1) is 16.7. The Balaban J connectivity index is 0.00000161. The molecule has 3 rings (SSSR count). The van der Waals surface area contributed by atoms with Crippen LogP contribution in [0.2, 0.25) is 0 Å². The van der Waals surface area contributed by atoms with E-state index in [2.05, 4.69) is 15.1 Å². The zero-order chi connectivity index (χ0) is 13.9. The van der Waals surface area contributed by atoms with Crippen LogP contribution in [-0.4, -0.2) is 55.1 Å². The molecule has 3 nitrogen and oxygen atoms in total. The monoisotopic (exact) mass is 313 g/mol. The maximum Gasteiger partial charge on any atom is 0.126 e. The third-order valence-corrected chi connectivity index (χ3v) is 4.60. The summed E-state index contributed by atoms with van der Waals surface area (Å²) >= 11 is 0. The second kappa shape index (κ2) is 7.54. The van der Waals surface area contributed by atoms with Gasteiger partial charge in [0.15, 0.2) is 0 Å². The van der Waals surface area contributed by atoms with Crippen molar-refractivity contribution in [3.63, 3.8) is 0 Å². The van der Waals surface area contributed by atoms with Crippen LogP contribution in [0.5, 0.6) is 0 Å². The molecule has 1 atom stereocenters. The number of nitrogens with zero attached hydrogens (tertiary/aromatic N) is 2. The number of rotatable bonds is 3. The van der Waals surface area contributed by atoms with Crippen LogP contribution in [0.15, 0.2) is 18.2 Å². The van der Waals surface area contributed by atoms with Gasteiger partial charge in [-0.1, -0.05) is 12.1 Å². The summed E-state index contributed by atoms with van der Waals surface area (Å²) in [5, 5.41) is 3.44. The van der Waals surface area contributed by atoms with Crippen molar-refractivity contribution in [1.82, 2.24) is 15.1 Å². The minimum atomic E-state index is -0.0850. The molecule has 1 aromatic carbocycles. The highest BCUT2D eigenvalue weighted by Crippen LogP contribution is 2.15. The van der Waals surface area contributed by atoms with Crippen molar-refractivity contribution in [2.24, 2.45) is 0 Å². The molecule has 2 aliphatic rings. The average molecular weight is 314 g/mol. The molecule has 5 heteroatoms. The smallest absolute Gasteiger partial charge is 0.126 e. The van der Waals surface area contributed by atoms with Crippen molar-refractivity contribution in [2.45, 2.75) is 25.9 Å². The molecule has 0 saturated carbocycles. The van der Waals surface area contributed by atoms with Gasteiger partial charge in [-0.2, -0.15) is 0 Å². The summed E-state index contributed by atoms with van der Waals surface area (Å²) < 4.78 is 13.6. The third-order valence-electron chi connectivity index (χ3n) is 4.60. The Bertz CT molecular complexity index is 455. The van der Waals surface area contributed by atoms with E-state index in [1.807, 2.05) is 19.1 Å². The highest BCUT2D eigenvalue weighted by atomic mass is 35.5. The second-order valence-electron chi connectivity index (χ2n) is 6.04. The average Bonchev–Trinajstić information content (AvgIpc) is 2.98. The molecule has 0 spiro atoms. The van der Waals surface area contributed by atoms with E-state index in [0.29, 0.717) is 0 Å². The number of hydrogen-bond acceptors (Lipinski definition) is 3. The number of halogens is 2. The highest BCUT2D eigenvalue weighted by molar-refractivity contribution is 5.85. The quantitative estimate of drug-likeness (QED) is 0.921. The molecule has 2 saturated heterocycles. The van der Waals surface area contributed by atoms with Crippen LogP contribution >= 0.6 is 12.4 Å². The molecular formula is C16H25ClFN3. The fourth-order valence-electron chi connectivity index (χ4n) is 3.23. The van der Waals surface area contributed by atoms with Crippen molar-refractivity contribution >= 4 is 12.4 Å². The molecule has 0 aliphatic carbocycles. The largest absolute Gasteiger partial charge is 0.315 e. The Kier molecular flexibility index (Phi) is 5.99. The summed E-state index contributed by atoms with van der Waals surface area (Å²) in [6.07, 6.45) is 1.28. The van der Waals surface area contributed by atoms with Crippen molar-refractivity contribution in [1.29, 1.82) is 0 Å². The van der Waals surface area contributed by atoms with Gasteiger partial charge in [-0.3, -0.25) is 9.80 Å². The fraction of sp³-hybridized carbons (Fsp3) is 0.625. The number of nitrogens with one attached hydrogen (secondary N) is 1. The van der Waals surface area contributed by atoms with E-state index < -0.39 is 0 Å². The Morgan fingerprint density at radius 3 is 2.62 bits per heavy atom. The molecular weight excluding hydrogens is 289 g/mol. The summed E-state index contributed by atoms with van der Waals surface area (Å²) in [6, 6.07) is 6.34. The van der Waals surface area contributed by atoms with Gasteiger partial charge in [0.25, 0.3) is 0 Å². The molecule has 2 fully saturated rings. The Hall–Kier alpha value is -0.680. The van der Waals surface area contributed by atoms with E-state index in [1.54, 1.807) is 6.07 Å². The van der Waals surface area contributed by atoms with Gasteiger partial charge < -0.3 is 5.32 Å². The van der Waals surface area contributed by atoms with Crippen LogP contribution in [0.3, 0.4) is 0 Å². The minimum absolute atomic E-state index is 0. The molecule has 0 amide bonds. The summed E-state index contributed by atoms with van der Waals surface area (Å²) in [6.45, 7) is 9.44. The lowest BCUT2D eigenvalue weighted by molar-refractivity contribution is 0.0981. The topological polar surface area (TPSA) is 18.5 Å². The molecule has 0 radical (unpaired) electrons. The van der Waals surface area contributed by atoms with E-state index in [0.717, 1.165) is 63.0 Å². The number of hydrogen-bond donors (Lipinski definition) is 1. The van der Waals surface area contributed by atoms with E-state index in [9.17, 15) is 4.39 Å². The summed E-state index contributed by atoms with van der Waals surface area (Å²) in [5.74, 6) is -0.0850. The lowest BCUT2D eigenvalue weighted by Crippen LogP contribution is -2.50. The Labute approximate surface area is 132 Å². The number of benzene rings is 1. The maximum absolute atomic E-state index is 13.6. The molecule has 2 aliphatic heterocycles. The van der Waals surface area contributed by atoms with Crippen molar-refractivity contribution in [3.8, 4) is 0 Å². The zero-order valence-electron chi connectivity index (χ0n) is 12.6. The SMILES string of the molecule is Cc1ccc(CN2CCN(C3CCNC3)CC2)cc1F.Cl. The van der Waals surface area contributed by atoms with Crippen molar-refractivity contribution in [2.75, 3.05) is 39.3 Å². The molecule has 118 valence electrons. The zero-order valence-corrected chi connectivity index (χ0v) is 13.5. The fourth-order valence-corrected chi connectivity index (χ4v) is 3.23. The van der Waals surface area contributed by atoms with E-state index in [4.69, 9.17) is 0 Å². The molecule has 1 aromatic rings. The van der Waals surface area contributed by atoms with Crippen LogP contribution < -0.4 is 5.32 Å². The van der Waals surface area contributed by atoms with Crippen LogP contribution in [0.4, 0.5) is 4.39 Å². The van der Waals surface area contributed by atoms with Crippen LogP contribution in [0.1, 0.15) is 17.5 Å². The second-order valence-corrected chi connectivity index (χ2v) is 6.04.